The quantitative estimate of drug-likeness (QED) is 0.329. The molecule has 2 aliphatic heterocycles. The molecule has 4 amide bonds. The molecule has 13 heteroatoms. The number of thiazole rings is 1. The number of aliphatic hydroxyl groups is 1. The second-order valence-corrected chi connectivity index (χ2v) is 16.2. The minimum Gasteiger partial charge on any atom is -0.444 e. The Morgan fingerprint density at radius 2 is 1.76 bits per heavy atom. The summed E-state index contributed by atoms with van der Waals surface area (Å²) < 4.78 is 11.3. The van der Waals surface area contributed by atoms with Crippen molar-refractivity contribution in [3.63, 3.8) is 0 Å². The summed E-state index contributed by atoms with van der Waals surface area (Å²) >= 11 is 1.58. The lowest BCUT2D eigenvalue weighted by Crippen LogP contribution is -2.58. The third-order valence-corrected chi connectivity index (χ3v) is 9.80. The van der Waals surface area contributed by atoms with Crippen LogP contribution in [0.5, 0.6) is 0 Å². The van der Waals surface area contributed by atoms with Gasteiger partial charge in [-0.1, -0.05) is 45.0 Å². The van der Waals surface area contributed by atoms with Gasteiger partial charge in [0.15, 0.2) is 0 Å². The van der Waals surface area contributed by atoms with Crippen LogP contribution in [0.25, 0.3) is 10.4 Å². The normalized spacial score (nSPS) is 21.2. The van der Waals surface area contributed by atoms with Crippen molar-refractivity contribution in [3.05, 3.63) is 41.0 Å². The Bertz CT molecular complexity index is 1470. The van der Waals surface area contributed by atoms with E-state index in [0.717, 1.165) is 34.5 Å². The Morgan fingerprint density at radius 1 is 1.06 bits per heavy atom. The summed E-state index contributed by atoms with van der Waals surface area (Å²) in [5.41, 5.74) is 3.47. The number of piperidine rings is 1. The van der Waals surface area contributed by atoms with Gasteiger partial charge in [0, 0.05) is 32.0 Å². The zero-order valence-corrected chi connectivity index (χ0v) is 30.9. The molecule has 2 saturated heterocycles. The van der Waals surface area contributed by atoms with Gasteiger partial charge < -0.3 is 35.0 Å². The fourth-order valence-electron chi connectivity index (χ4n) is 6.23. The molecule has 3 heterocycles. The first-order valence-corrected chi connectivity index (χ1v) is 17.9. The molecule has 3 N–H and O–H groups in total. The fourth-order valence-corrected chi connectivity index (χ4v) is 7.04. The van der Waals surface area contributed by atoms with E-state index >= 15 is 0 Å². The summed E-state index contributed by atoms with van der Waals surface area (Å²) in [6.45, 7) is 16.0. The van der Waals surface area contributed by atoms with Crippen LogP contribution >= 0.6 is 11.3 Å². The number of carbonyl (C=O) groups excluding carboxylic acids is 4. The molecule has 1 aromatic heterocycles. The van der Waals surface area contributed by atoms with Gasteiger partial charge in [-0.25, -0.2) is 9.78 Å². The van der Waals surface area contributed by atoms with Crippen molar-refractivity contribution in [1.82, 2.24) is 25.4 Å². The number of likely N-dealkylation sites (tertiary alicyclic amines) is 2. The Labute approximate surface area is 293 Å². The number of hydrogen-bond acceptors (Lipinski definition) is 9. The monoisotopic (exact) mass is 699 g/mol. The van der Waals surface area contributed by atoms with Crippen molar-refractivity contribution in [2.45, 2.75) is 104 Å². The SMILES string of the molecule is Cc1ncsc1-c1ccc([C@H](C)NC(=O)[C@@H]2C[C@@H](O)CN2C(=O)[C@@H](NC(=O)COC[C@@H]2CCCN(C(=O)OC(C)(C)C)C2)C(C)(C)C)cc1. The summed E-state index contributed by atoms with van der Waals surface area (Å²) in [5, 5.41) is 16.4. The number of ether oxygens (including phenoxy) is 2. The van der Waals surface area contributed by atoms with Crippen LogP contribution in [-0.2, 0) is 23.9 Å². The molecule has 270 valence electrons. The van der Waals surface area contributed by atoms with E-state index in [0.29, 0.717) is 13.1 Å². The van der Waals surface area contributed by atoms with Gasteiger partial charge in [0.05, 0.1) is 34.8 Å². The minimum atomic E-state index is -0.957. The number of β-amino-alcohol motifs (C(OH)–C–C–N with tert-alkyl or cyclic N) is 1. The summed E-state index contributed by atoms with van der Waals surface area (Å²) in [5.74, 6) is -1.20. The molecule has 2 fully saturated rings. The number of aliphatic hydroxyl groups excluding tert-OH is 1. The van der Waals surface area contributed by atoms with Crippen molar-refractivity contribution in [2.24, 2.45) is 11.3 Å². The van der Waals surface area contributed by atoms with Gasteiger partial charge in [-0.3, -0.25) is 14.4 Å². The van der Waals surface area contributed by atoms with E-state index in [1.54, 1.807) is 16.2 Å². The Hall–Kier alpha value is -3.55. The number of nitrogens with one attached hydrogen (secondary N) is 2. The third kappa shape index (κ3) is 10.5. The molecule has 49 heavy (non-hydrogen) atoms. The third-order valence-electron chi connectivity index (χ3n) is 8.82. The summed E-state index contributed by atoms with van der Waals surface area (Å²) in [6.07, 6.45) is 0.554. The Kier molecular flexibility index (Phi) is 12.5. The van der Waals surface area contributed by atoms with E-state index in [4.69, 9.17) is 9.47 Å². The molecule has 0 unspecified atom stereocenters. The number of aryl methyl sites for hydroxylation is 1. The van der Waals surface area contributed by atoms with Crippen LogP contribution in [-0.4, -0.2) is 100 Å². The van der Waals surface area contributed by atoms with Crippen molar-refractivity contribution in [3.8, 4) is 10.4 Å². The first-order valence-electron chi connectivity index (χ1n) is 17.1. The molecule has 12 nitrogen and oxygen atoms in total. The number of rotatable bonds is 10. The van der Waals surface area contributed by atoms with Crippen LogP contribution in [0.1, 0.15) is 85.0 Å². The average molecular weight is 700 g/mol. The minimum absolute atomic E-state index is 0.0109. The van der Waals surface area contributed by atoms with E-state index in [9.17, 15) is 24.3 Å². The van der Waals surface area contributed by atoms with Crippen LogP contribution in [0.3, 0.4) is 0 Å². The molecule has 0 bridgehead atoms. The van der Waals surface area contributed by atoms with Crippen LogP contribution < -0.4 is 10.6 Å². The highest BCUT2D eigenvalue weighted by Gasteiger charge is 2.44. The summed E-state index contributed by atoms with van der Waals surface area (Å²) in [4.78, 5) is 61.6. The zero-order chi connectivity index (χ0) is 36.1. The Balaban J connectivity index is 1.32. The predicted octanol–water partition coefficient (Wildman–Crippen LogP) is 4.45. The number of carbonyl (C=O) groups is 4. The van der Waals surface area contributed by atoms with E-state index in [-0.39, 0.29) is 50.1 Å². The van der Waals surface area contributed by atoms with Gasteiger partial charge in [0.1, 0.15) is 24.3 Å². The lowest BCUT2D eigenvalue weighted by molar-refractivity contribution is -0.144. The molecular formula is C36H53N5O7S. The summed E-state index contributed by atoms with van der Waals surface area (Å²) in [7, 11) is 0. The molecule has 5 atom stereocenters. The maximum absolute atomic E-state index is 14.0. The fraction of sp³-hybridized carbons (Fsp3) is 0.639. The number of aromatic nitrogens is 1. The predicted molar refractivity (Wildman–Crippen MR) is 188 cm³/mol. The highest BCUT2D eigenvalue weighted by Crippen LogP contribution is 2.30. The van der Waals surface area contributed by atoms with Gasteiger partial charge in [0.2, 0.25) is 17.7 Å². The first kappa shape index (κ1) is 38.3. The van der Waals surface area contributed by atoms with Gasteiger partial charge >= 0.3 is 6.09 Å². The number of amides is 4. The van der Waals surface area contributed by atoms with E-state index < -0.39 is 41.0 Å². The molecule has 1 aromatic carbocycles. The number of benzene rings is 1. The lowest BCUT2D eigenvalue weighted by atomic mass is 9.85. The van der Waals surface area contributed by atoms with Crippen molar-refractivity contribution in [1.29, 1.82) is 0 Å². The van der Waals surface area contributed by atoms with E-state index in [1.807, 2.05) is 85.2 Å². The highest BCUT2D eigenvalue weighted by atomic mass is 32.1. The van der Waals surface area contributed by atoms with Gasteiger partial charge in [-0.05, 0) is 64.0 Å². The van der Waals surface area contributed by atoms with Crippen LogP contribution in [0.4, 0.5) is 4.79 Å². The largest absolute Gasteiger partial charge is 0.444 e. The highest BCUT2D eigenvalue weighted by molar-refractivity contribution is 7.13. The second kappa shape index (κ2) is 16.0. The van der Waals surface area contributed by atoms with Gasteiger partial charge in [-0.2, -0.15) is 0 Å². The maximum Gasteiger partial charge on any atom is 0.410 e. The maximum atomic E-state index is 14.0. The molecule has 2 aliphatic rings. The van der Waals surface area contributed by atoms with Crippen molar-refractivity contribution >= 4 is 35.2 Å². The molecule has 4 rings (SSSR count). The average Bonchev–Trinajstić information content (AvgIpc) is 3.63. The van der Waals surface area contributed by atoms with Gasteiger partial charge in [-0.15, -0.1) is 11.3 Å². The van der Waals surface area contributed by atoms with E-state index in [1.165, 1.54) is 4.90 Å². The number of hydrogen-bond donors (Lipinski definition) is 3. The molecule has 0 radical (unpaired) electrons. The molecule has 0 saturated carbocycles. The van der Waals surface area contributed by atoms with E-state index in [2.05, 4.69) is 15.6 Å². The standard InChI is InChI=1S/C36H53N5O7S/c1-22(25-11-13-26(14-12-25)30-23(2)37-21-49-30)38-32(44)28-16-27(42)18-41(28)33(45)31(35(3,4)5)39-29(43)20-47-19-24-10-9-15-40(17-24)34(46)48-36(6,7)8/h11-14,21-22,24,27-28,31,42H,9-10,15-20H2,1-8H3,(H,38,44)(H,39,43)/t22-,24+,27+,28-,31+/m0/s1. The topological polar surface area (TPSA) is 150 Å². The number of nitrogens with zero attached hydrogens (tertiary/aromatic N) is 3. The van der Waals surface area contributed by atoms with Crippen molar-refractivity contribution in [2.75, 3.05) is 32.8 Å². The van der Waals surface area contributed by atoms with Gasteiger partial charge in [0.25, 0.3) is 0 Å². The lowest BCUT2D eigenvalue weighted by Gasteiger charge is -2.35. The zero-order valence-electron chi connectivity index (χ0n) is 30.1. The Morgan fingerprint density at radius 3 is 2.37 bits per heavy atom. The van der Waals surface area contributed by atoms with Crippen molar-refractivity contribution < 1.29 is 33.8 Å². The molecule has 0 spiro atoms. The summed E-state index contributed by atoms with van der Waals surface area (Å²) in [6, 6.07) is 5.75. The van der Waals surface area contributed by atoms with Crippen LogP contribution in [0.15, 0.2) is 29.8 Å². The second-order valence-electron chi connectivity index (χ2n) is 15.3. The molecule has 0 aliphatic carbocycles. The smallest absolute Gasteiger partial charge is 0.410 e. The molecule has 2 aromatic rings. The molecular weight excluding hydrogens is 646 g/mol. The van der Waals surface area contributed by atoms with Crippen LogP contribution in [0.2, 0.25) is 0 Å². The van der Waals surface area contributed by atoms with Crippen LogP contribution in [0, 0.1) is 18.3 Å². The first-order chi connectivity index (χ1) is 22.9.